The van der Waals surface area contributed by atoms with Crippen molar-refractivity contribution in [1.29, 1.82) is 5.26 Å². The molecule has 0 atom stereocenters. The van der Waals surface area contributed by atoms with Gasteiger partial charge in [0.2, 0.25) is 0 Å². The minimum absolute atomic E-state index is 0.0345. The summed E-state index contributed by atoms with van der Waals surface area (Å²) in [5.41, 5.74) is 1.03. The largest absolute Gasteiger partial charge is 0.491 e. The van der Waals surface area contributed by atoms with Gasteiger partial charge in [0.1, 0.15) is 11.8 Å². The molecular weight excluding hydrogens is 356 g/mol. The predicted octanol–water partition coefficient (Wildman–Crippen LogP) is 3.79. The number of nitrogens with zero attached hydrogens (tertiary/aromatic N) is 1. The molecule has 1 N–H and O–H groups in total. The van der Waals surface area contributed by atoms with E-state index in [9.17, 15) is 9.59 Å². The van der Waals surface area contributed by atoms with Gasteiger partial charge in [0.25, 0.3) is 5.91 Å². The number of halogens is 1. The summed E-state index contributed by atoms with van der Waals surface area (Å²) in [7, 11) is 0. The van der Waals surface area contributed by atoms with Crippen molar-refractivity contribution in [3.63, 3.8) is 0 Å². The molecule has 0 aliphatic heterocycles. The number of ether oxygens (including phenoxy) is 2. The lowest BCUT2D eigenvalue weighted by Crippen LogP contribution is -2.21. The molecule has 0 fully saturated rings. The van der Waals surface area contributed by atoms with Gasteiger partial charge in [0.15, 0.2) is 6.61 Å². The highest BCUT2D eigenvalue weighted by Gasteiger charge is 2.11. The summed E-state index contributed by atoms with van der Waals surface area (Å²) >= 11 is 5.90. The Labute approximate surface area is 156 Å². The van der Waals surface area contributed by atoms with Gasteiger partial charge in [-0.25, -0.2) is 4.79 Å². The molecule has 0 radical (unpaired) electrons. The monoisotopic (exact) mass is 372 g/mol. The molecule has 1 amide bonds. The second-order valence-corrected chi connectivity index (χ2v) is 6.03. The van der Waals surface area contributed by atoms with Crippen LogP contribution >= 0.6 is 11.6 Å². The molecule has 0 aliphatic carbocycles. The van der Waals surface area contributed by atoms with Crippen molar-refractivity contribution < 1.29 is 19.1 Å². The number of esters is 1. The molecule has 2 aromatic rings. The molecule has 0 bridgehead atoms. The Morgan fingerprint density at radius 3 is 2.46 bits per heavy atom. The number of carbonyl (C=O) groups excluding carboxylic acids is 2. The van der Waals surface area contributed by atoms with Crippen LogP contribution in [0.25, 0.3) is 0 Å². The predicted molar refractivity (Wildman–Crippen MR) is 97.3 cm³/mol. The van der Waals surface area contributed by atoms with Crippen molar-refractivity contribution in [3.05, 3.63) is 58.6 Å². The van der Waals surface area contributed by atoms with Gasteiger partial charge in [-0.1, -0.05) is 11.6 Å². The van der Waals surface area contributed by atoms with Gasteiger partial charge in [-0.2, -0.15) is 5.26 Å². The summed E-state index contributed by atoms with van der Waals surface area (Å²) in [6.45, 7) is 3.37. The average Bonchev–Trinajstić information content (AvgIpc) is 2.60. The number of nitrogens with one attached hydrogen (secondary N) is 1. The zero-order valence-electron chi connectivity index (χ0n) is 14.3. The number of amides is 1. The highest BCUT2D eigenvalue weighted by atomic mass is 35.5. The molecule has 2 aromatic carbocycles. The van der Waals surface area contributed by atoms with Crippen molar-refractivity contribution in [1.82, 2.24) is 0 Å². The third-order valence-corrected chi connectivity index (χ3v) is 3.48. The molecule has 0 saturated carbocycles. The fourth-order valence-electron chi connectivity index (χ4n) is 2.04. The molecule has 7 heteroatoms. The molecule has 2 rings (SSSR count). The maximum atomic E-state index is 12.0. The van der Waals surface area contributed by atoms with Crippen LogP contribution in [-0.4, -0.2) is 24.6 Å². The van der Waals surface area contributed by atoms with Gasteiger partial charge >= 0.3 is 5.97 Å². The summed E-state index contributed by atoms with van der Waals surface area (Å²) in [5.74, 6) is -0.486. The van der Waals surface area contributed by atoms with Gasteiger partial charge in [-0.3, -0.25) is 4.79 Å². The zero-order chi connectivity index (χ0) is 19.1. The molecule has 0 spiro atoms. The molecule has 0 aliphatic rings. The molecular formula is C19H17ClN2O4. The highest BCUT2D eigenvalue weighted by Crippen LogP contribution is 2.20. The van der Waals surface area contributed by atoms with E-state index in [0.29, 0.717) is 22.6 Å². The fraction of sp³-hybridized carbons (Fsp3) is 0.211. The Morgan fingerprint density at radius 1 is 1.19 bits per heavy atom. The Bertz CT molecular complexity index is 842. The number of rotatable bonds is 6. The van der Waals surface area contributed by atoms with Crippen molar-refractivity contribution >= 4 is 29.2 Å². The van der Waals surface area contributed by atoms with Gasteiger partial charge < -0.3 is 14.8 Å². The van der Waals surface area contributed by atoms with Crippen molar-refractivity contribution in [2.75, 3.05) is 11.9 Å². The maximum absolute atomic E-state index is 12.0. The quantitative estimate of drug-likeness (QED) is 0.779. The lowest BCUT2D eigenvalue weighted by Gasteiger charge is -2.10. The number of hydrogen-bond donors (Lipinski definition) is 1. The van der Waals surface area contributed by atoms with E-state index in [4.69, 9.17) is 26.3 Å². The van der Waals surface area contributed by atoms with E-state index in [0.717, 1.165) is 0 Å². The second-order valence-electron chi connectivity index (χ2n) is 5.62. The van der Waals surface area contributed by atoms with Gasteiger partial charge in [0.05, 0.1) is 22.3 Å². The summed E-state index contributed by atoms with van der Waals surface area (Å²) in [5, 5.41) is 11.6. The molecule has 26 heavy (non-hydrogen) atoms. The van der Waals surface area contributed by atoms with E-state index in [2.05, 4.69) is 5.32 Å². The van der Waals surface area contributed by atoms with E-state index in [-0.39, 0.29) is 11.1 Å². The van der Waals surface area contributed by atoms with Crippen LogP contribution in [0.4, 0.5) is 5.69 Å². The molecule has 0 saturated heterocycles. The maximum Gasteiger partial charge on any atom is 0.338 e. The van der Waals surface area contributed by atoms with E-state index in [1.54, 1.807) is 24.3 Å². The van der Waals surface area contributed by atoms with Crippen LogP contribution in [0.3, 0.4) is 0 Å². The summed E-state index contributed by atoms with van der Waals surface area (Å²) in [6.07, 6.45) is 0.0345. The Kier molecular flexibility index (Phi) is 6.59. The van der Waals surface area contributed by atoms with Gasteiger partial charge in [-0.05, 0) is 56.3 Å². The zero-order valence-corrected chi connectivity index (χ0v) is 15.0. The number of benzene rings is 2. The van der Waals surface area contributed by atoms with Crippen molar-refractivity contribution in [2.24, 2.45) is 0 Å². The van der Waals surface area contributed by atoms with Crippen LogP contribution in [0.1, 0.15) is 29.8 Å². The summed E-state index contributed by atoms with van der Waals surface area (Å²) in [6, 6.07) is 12.9. The van der Waals surface area contributed by atoms with Crippen LogP contribution in [0.2, 0.25) is 5.02 Å². The molecule has 6 nitrogen and oxygen atoms in total. The third kappa shape index (κ3) is 5.50. The second kappa shape index (κ2) is 8.88. The third-order valence-electron chi connectivity index (χ3n) is 3.17. The Morgan fingerprint density at radius 2 is 1.88 bits per heavy atom. The smallest absolute Gasteiger partial charge is 0.338 e. The number of anilines is 1. The molecule has 0 unspecified atom stereocenters. The van der Waals surface area contributed by atoms with Crippen LogP contribution < -0.4 is 10.1 Å². The standard InChI is InChI=1S/C19H17ClN2O4/c1-12(2)26-16-7-4-13(5-8-16)19(24)25-11-18(23)22-15-6-3-14(10-21)17(20)9-15/h3-9,12H,11H2,1-2H3,(H,22,23). The average molecular weight is 373 g/mol. The first-order chi connectivity index (χ1) is 12.4. The van der Waals surface area contributed by atoms with Crippen molar-refractivity contribution in [3.8, 4) is 11.8 Å². The fourth-order valence-corrected chi connectivity index (χ4v) is 2.26. The van der Waals surface area contributed by atoms with E-state index in [1.807, 2.05) is 19.9 Å². The van der Waals surface area contributed by atoms with Gasteiger partial charge in [-0.15, -0.1) is 0 Å². The van der Waals surface area contributed by atoms with Crippen LogP contribution in [0.5, 0.6) is 5.75 Å². The molecule has 134 valence electrons. The lowest BCUT2D eigenvalue weighted by molar-refractivity contribution is -0.119. The summed E-state index contributed by atoms with van der Waals surface area (Å²) in [4.78, 5) is 23.8. The highest BCUT2D eigenvalue weighted by molar-refractivity contribution is 6.32. The van der Waals surface area contributed by atoms with E-state index in [1.165, 1.54) is 18.2 Å². The lowest BCUT2D eigenvalue weighted by atomic mass is 10.2. The van der Waals surface area contributed by atoms with Crippen molar-refractivity contribution in [2.45, 2.75) is 20.0 Å². The van der Waals surface area contributed by atoms with Gasteiger partial charge in [0, 0.05) is 5.69 Å². The Balaban J connectivity index is 1.87. The minimum Gasteiger partial charge on any atom is -0.491 e. The summed E-state index contributed by atoms with van der Waals surface area (Å²) < 4.78 is 10.5. The first-order valence-corrected chi connectivity index (χ1v) is 8.20. The first-order valence-electron chi connectivity index (χ1n) is 7.82. The normalized spacial score (nSPS) is 10.1. The number of hydrogen-bond acceptors (Lipinski definition) is 5. The van der Waals surface area contributed by atoms with E-state index < -0.39 is 18.5 Å². The Hall–Kier alpha value is -3.04. The van der Waals surface area contributed by atoms with Crippen LogP contribution in [-0.2, 0) is 9.53 Å². The SMILES string of the molecule is CC(C)Oc1ccc(C(=O)OCC(=O)Nc2ccc(C#N)c(Cl)c2)cc1. The van der Waals surface area contributed by atoms with Crippen LogP contribution in [0, 0.1) is 11.3 Å². The number of carbonyl (C=O) groups is 2. The molecule has 0 aromatic heterocycles. The van der Waals surface area contributed by atoms with Crippen LogP contribution in [0.15, 0.2) is 42.5 Å². The topological polar surface area (TPSA) is 88.4 Å². The minimum atomic E-state index is -0.617. The van der Waals surface area contributed by atoms with E-state index >= 15 is 0 Å². The number of nitriles is 1. The first kappa shape index (κ1) is 19.3. The molecule has 0 heterocycles.